The van der Waals surface area contributed by atoms with Crippen LogP contribution in [0.2, 0.25) is 0 Å². The molecule has 1 aliphatic rings. The molecular formula is C19H19N3O6S. The second kappa shape index (κ2) is 6.98. The molecule has 0 aromatic heterocycles. The third-order valence-corrected chi connectivity index (χ3v) is 5.09. The average Bonchev–Trinajstić information content (AvgIpc) is 2.85. The summed E-state index contributed by atoms with van der Waals surface area (Å²) in [6, 6.07) is 8.71. The van der Waals surface area contributed by atoms with Gasteiger partial charge in [0, 0.05) is 16.9 Å². The largest absolute Gasteiger partial charge is 0.323 e. The number of urea groups is 1. The molecule has 0 fully saturated rings. The molecule has 0 aliphatic carbocycles. The number of imide groups is 1. The van der Waals surface area contributed by atoms with Gasteiger partial charge in [0.1, 0.15) is 0 Å². The van der Waals surface area contributed by atoms with E-state index in [9.17, 15) is 22.8 Å². The fourth-order valence-corrected chi connectivity index (χ4v) is 3.41. The third-order valence-electron chi connectivity index (χ3n) is 4.23. The quantitative estimate of drug-likeness (QED) is 0.519. The SMILES string of the molecule is CC(C)(C)N1C(=O)c2ccc(NC(=O)Nc3ccc(S(=O)(=O)O)cc3)cc2C1=O. The number of rotatable bonds is 3. The smallest absolute Gasteiger partial charge is 0.308 e. The van der Waals surface area contributed by atoms with E-state index in [1.807, 2.05) is 0 Å². The summed E-state index contributed by atoms with van der Waals surface area (Å²) in [4.78, 5) is 38.1. The molecule has 4 amide bonds. The van der Waals surface area contributed by atoms with Gasteiger partial charge in [0.15, 0.2) is 0 Å². The number of fused-ring (bicyclic) bond motifs is 1. The summed E-state index contributed by atoms with van der Waals surface area (Å²) in [5.74, 6) is -0.810. The van der Waals surface area contributed by atoms with Gasteiger partial charge in [-0.2, -0.15) is 8.42 Å². The number of hydrogen-bond acceptors (Lipinski definition) is 5. The zero-order valence-electron chi connectivity index (χ0n) is 15.9. The first-order valence-corrected chi connectivity index (χ1v) is 10.0. The zero-order valence-corrected chi connectivity index (χ0v) is 16.7. The van der Waals surface area contributed by atoms with Gasteiger partial charge in [0.2, 0.25) is 0 Å². The van der Waals surface area contributed by atoms with Crippen molar-refractivity contribution in [1.29, 1.82) is 0 Å². The van der Waals surface area contributed by atoms with Crippen LogP contribution < -0.4 is 10.6 Å². The molecule has 1 heterocycles. The number of hydrogen-bond donors (Lipinski definition) is 3. The maximum atomic E-state index is 12.6. The summed E-state index contributed by atoms with van der Waals surface area (Å²) in [7, 11) is -4.32. The fourth-order valence-electron chi connectivity index (χ4n) is 2.93. The molecular weight excluding hydrogens is 398 g/mol. The summed E-state index contributed by atoms with van der Waals surface area (Å²) < 4.78 is 31.0. The van der Waals surface area contributed by atoms with Crippen molar-refractivity contribution in [3.8, 4) is 0 Å². The van der Waals surface area contributed by atoms with Gasteiger partial charge in [-0.3, -0.25) is 19.0 Å². The number of anilines is 2. The highest BCUT2D eigenvalue weighted by Crippen LogP contribution is 2.31. The predicted octanol–water partition coefficient (Wildman–Crippen LogP) is 2.97. The lowest BCUT2D eigenvalue weighted by molar-refractivity contribution is 0.0507. The van der Waals surface area contributed by atoms with Gasteiger partial charge in [-0.25, -0.2) is 4.79 Å². The minimum atomic E-state index is -4.32. The Labute approximate surface area is 167 Å². The molecule has 1 aliphatic heterocycles. The molecule has 0 unspecified atom stereocenters. The summed E-state index contributed by atoms with van der Waals surface area (Å²) in [6.45, 7) is 5.28. The third kappa shape index (κ3) is 4.13. The molecule has 0 bridgehead atoms. The number of benzene rings is 2. The van der Waals surface area contributed by atoms with E-state index < -0.39 is 27.6 Å². The van der Waals surface area contributed by atoms with Crippen molar-refractivity contribution in [2.75, 3.05) is 10.6 Å². The monoisotopic (exact) mass is 417 g/mol. The van der Waals surface area contributed by atoms with Gasteiger partial charge in [0.05, 0.1) is 16.0 Å². The van der Waals surface area contributed by atoms with Gasteiger partial charge in [-0.15, -0.1) is 0 Å². The molecule has 152 valence electrons. The first-order valence-electron chi connectivity index (χ1n) is 8.56. The van der Waals surface area contributed by atoms with Crippen LogP contribution in [0.4, 0.5) is 16.2 Å². The minimum absolute atomic E-state index is 0.209. The molecule has 3 rings (SSSR count). The van der Waals surface area contributed by atoms with E-state index in [4.69, 9.17) is 4.55 Å². The van der Waals surface area contributed by atoms with E-state index in [0.29, 0.717) is 11.4 Å². The summed E-state index contributed by atoms with van der Waals surface area (Å²) in [6.07, 6.45) is 0. The van der Waals surface area contributed by atoms with Crippen molar-refractivity contribution in [2.45, 2.75) is 31.2 Å². The van der Waals surface area contributed by atoms with Crippen LogP contribution >= 0.6 is 0 Å². The summed E-state index contributed by atoms with van der Waals surface area (Å²) >= 11 is 0. The van der Waals surface area contributed by atoms with Crippen LogP contribution in [-0.2, 0) is 10.1 Å². The second-order valence-electron chi connectivity index (χ2n) is 7.46. The number of amides is 4. The lowest BCUT2D eigenvalue weighted by Gasteiger charge is -2.29. The number of nitrogens with one attached hydrogen (secondary N) is 2. The maximum Gasteiger partial charge on any atom is 0.323 e. The molecule has 0 radical (unpaired) electrons. The zero-order chi connectivity index (χ0) is 21.6. The van der Waals surface area contributed by atoms with E-state index in [-0.39, 0.29) is 21.9 Å². The van der Waals surface area contributed by atoms with Crippen LogP contribution in [0.25, 0.3) is 0 Å². The van der Waals surface area contributed by atoms with E-state index in [1.54, 1.807) is 20.8 Å². The Morgan fingerprint density at radius 2 is 1.41 bits per heavy atom. The van der Waals surface area contributed by atoms with Crippen LogP contribution in [-0.4, -0.2) is 41.3 Å². The molecule has 2 aromatic carbocycles. The molecule has 9 nitrogen and oxygen atoms in total. The van der Waals surface area contributed by atoms with Crippen molar-refractivity contribution in [3.05, 3.63) is 53.6 Å². The fraction of sp³-hybridized carbons (Fsp3) is 0.211. The number of carbonyl (C=O) groups excluding carboxylic acids is 3. The Kier molecular flexibility index (Phi) is 4.93. The van der Waals surface area contributed by atoms with Gasteiger partial charge in [-0.05, 0) is 63.2 Å². The van der Waals surface area contributed by atoms with Crippen molar-refractivity contribution >= 4 is 39.3 Å². The highest BCUT2D eigenvalue weighted by Gasteiger charge is 2.41. The van der Waals surface area contributed by atoms with E-state index in [0.717, 1.165) is 12.1 Å². The molecule has 0 atom stereocenters. The van der Waals surface area contributed by atoms with Crippen LogP contribution in [0.3, 0.4) is 0 Å². The summed E-state index contributed by atoms with van der Waals surface area (Å²) in [5, 5.41) is 5.06. The van der Waals surface area contributed by atoms with Crippen LogP contribution in [0.5, 0.6) is 0 Å². The molecule has 0 saturated carbocycles. The van der Waals surface area contributed by atoms with E-state index in [1.165, 1.54) is 35.2 Å². The van der Waals surface area contributed by atoms with Gasteiger partial charge in [0.25, 0.3) is 21.9 Å². The molecule has 3 N–H and O–H groups in total. The average molecular weight is 417 g/mol. The Morgan fingerprint density at radius 1 is 0.897 bits per heavy atom. The van der Waals surface area contributed by atoms with Crippen LogP contribution in [0, 0.1) is 0 Å². The van der Waals surface area contributed by atoms with E-state index in [2.05, 4.69) is 10.6 Å². The van der Waals surface area contributed by atoms with Gasteiger partial charge >= 0.3 is 6.03 Å². The molecule has 10 heteroatoms. The topological polar surface area (TPSA) is 133 Å². The number of carbonyl (C=O) groups is 3. The summed E-state index contributed by atoms with van der Waals surface area (Å²) in [5.41, 5.74) is 0.415. The number of nitrogens with zero attached hydrogens (tertiary/aromatic N) is 1. The molecule has 0 saturated heterocycles. The van der Waals surface area contributed by atoms with Crippen LogP contribution in [0.1, 0.15) is 41.5 Å². The maximum absolute atomic E-state index is 12.6. The Bertz CT molecular complexity index is 1120. The Balaban J connectivity index is 1.74. The molecule has 29 heavy (non-hydrogen) atoms. The van der Waals surface area contributed by atoms with Crippen molar-refractivity contribution in [3.63, 3.8) is 0 Å². The minimum Gasteiger partial charge on any atom is -0.308 e. The van der Waals surface area contributed by atoms with Crippen LogP contribution in [0.15, 0.2) is 47.4 Å². The highest BCUT2D eigenvalue weighted by atomic mass is 32.2. The standard InChI is InChI=1S/C19H19N3O6S/c1-19(2,3)22-16(23)14-9-6-12(10-15(14)17(22)24)21-18(25)20-11-4-7-13(8-5-11)29(26,27)28/h4-10H,1-3H3,(H2,20,21,25)(H,26,27,28). The lowest BCUT2D eigenvalue weighted by Crippen LogP contribution is -2.45. The normalized spacial score (nSPS) is 14.0. The Hall–Kier alpha value is -3.24. The Morgan fingerprint density at radius 3 is 1.97 bits per heavy atom. The van der Waals surface area contributed by atoms with Crippen molar-refractivity contribution < 1.29 is 27.4 Å². The predicted molar refractivity (Wildman–Crippen MR) is 106 cm³/mol. The van der Waals surface area contributed by atoms with Gasteiger partial charge < -0.3 is 10.6 Å². The van der Waals surface area contributed by atoms with E-state index >= 15 is 0 Å². The first kappa shape index (κ1) is 20.5. The lowest BCUT2D eigenvalue weighted by atomic mass is 10.1. The van der Waals surface area contributed by atoms with Gasteiger partial charge in [-0.1, -0.05) is 0 Å². The first-order chi connectivity index (χ1) is 13.4. The van der Waals surface area contributed by atoms with Crippen molar-refractivity contribution in [2.24, 2.45) is 0 Å². The second-order valence-corrected chi connectivity index (χ2v) is 8.88. The van der Waals surface area contributed by atoms with Crippen molar-refractivity contribution in [1.82, 2.24) is 4.90 Å². The highest BCUT2D eigenvalue weighted by molar-refractivity contribution is 7.85. The molecule has 0 spiro atoms. The molecule has 2 aromatic rings.